The highest BCUT2D eigenvalue weighted by atomic mass is 16.5. The van der Waals surface area contributed by atoms with Gasteiger partial charge in [0, 0.05) is 13.1 Å². The standard InChI is InChI=1S/C12H23NO3/c1-5-8-13(9-7-12(3,4)15)10-11(14)16-6-2/h5,15H,1,6-10H2,2-4H3. The number of carbonyl (C=O) groups is 1. The first-order chi connectivity index (χ1) is 7.39. The van der Waals surface area contributed by atoms with Crippen molar-refractivity contribution in [3.8, 4) is 0 Å². The molecule has 0 aromatic rings. The second kappa shape index (κ2) is 7.41. The fourth-order valence-electron chi connectivity index (χ4n) is 1.24. The van der Waals surface area contributed by atoms with Crippen LogP contribution in [0.5, 0.6) is 0 Å². The highest BCUT2D eigenvalue weighted by Gasteiger charge is 2.16. The molecule has 0 unspecified atom stereocenters. The molecule has 0 spiro atoms. The number of carbonyl (C=O) groups excluding carboxylic acids is 1. The molecule has 1 N–H and O–H groups in total. The Morgan fingerprint density at radius 1 is 1.56 bits per heavy atom. The van der Waals surface area contributed by atoms with E-state index < -0.39 is 5.60 Å². The predicted molar refractivity (Wildman–Crippen MR) is 64.2 cm³/mol. The number of hydrogen-bond acceptors (Lipinski definition) is 4. The maximum atomic E-state index is 11.3. The monoisotopic (exact) mass is 229 g/mol. The van der Waals surface area contributed by atoms with Crippen LogP contribution in [0.4, 0.5) is 0 Å². The van der Waals surface area contributed by atoms with Crippen LogP contribution in [0.3, 0.4) is 0 Å². The minimum Gasteiger partial charge on any atom is -0.465 e. The minimum absolute atomic E-state index is 0.236. The fourth-order valence-corrected chi connectivity index (χ4v) is 1.24. The van der Waals surface area contributed by atoms with Gasteiger partial charge in [-0.3, -0.25) is 9.69 Å². The molecule has 0 atom stereocenters. The molecule has 0 amide bonds. The summed E-state index contributed by atoms with van der Waals surface area (Å²) >= 11 is 0. The Bertz CT molecular complexity index is 221. The van der Waals surface area contributed by atoms with Crippen molar-refractivity contribution in [1.29, 1.82) is 0 Å². The van der Waals surface area contributed by atoms with Gasteiger partial charge in [0.15, 0.2) is 0 Å². The van der Waals surface area contributed by atoms with E-state index in [0.29, 0.717) is 26.1 Å². The summed E-state index contributed by atoms with van der Waals surface area (Å²) in [7, 11) is 0. The van der Waals surface area contributed by atoms with Gasteiger partial charge < -0.3 is 9.84 Å². The van der Waals surface area contributed by atoms with E-state index in [0.717, 1.165) is 0 Å². The quantitative estimate of drug-likeness (QED) is 0.502. The van der Waals surface area contributed by atoms with Gasteiger partial charge in [0.2, 0.25) is 0 Å². The van der Waals surface area contributed by atoms with Crippen LogP contribution in [0.2, 0.25) is 0 Å². The van der Waals surface area contributed by atoms with Crippen LogP contribution in [0, 0.1) is 0 Å². The van der Waals surface area contributed by atoms with E-state index in [2.05, 4.69) is 6.58 Å². The molecule has 0 aromatic heterocycles. The van der Waals surface area contributed by atoms with Crippen molar-refractivity contribution in [1.82, 2.24) is 4.90 Å². The van der Waals surface area contributed by atoms with Crippen LogP contribution >= 0.6 is 0 Å². The first kappa shape index (κ1) is 15.1. The van der Waals surface area contributed by atoms with Crippen molar-refractivity contribution >= 4 is 5.97 Å². The number of esters is 1. The molecule has 0 radical (unpaired) electrons. The first-order valence-corrected chi connectivity index (χ1v) is 5.60. The second-order valence-electron chi connectivity index (χ2n) is 4.39. The Labute approximate surface area is 97.9 Å². The molecular formula is C12H23NO3. The van der Waals surface area contributed by atoms with Crippen LogP contribution in [0.25, 0.3) is 0 Å². The third kappa shape index (κ3) is 8.44. The number of rotatable bonds is 8. The number of ether oxygens (including phenoxy) is 1. The van der Waals surface area contributed by atoms with E-state index in [1.165, 1.54) is 0 Å². The Morgan fingerprint density at radius 3 is 2.62 bits per heavy atom. The van der Waals surface area contributed by atoms with Gasteiger partial charge in [-0.25, -0.2) is 0 Å². The second-order valence-corrected chi connectivity index (χ2v) is 4.39. The van der Waals surface area contributed by atoms with E-state index >= 15 is 0 Å². The lowest BCUT2D eigenvalue weighted by Crippen LogP contribution is -2.35. The first-order valence-electron chi connectivity index (χ1n) is 5.60. The van der Waals surface area contributed by atoms with Gasteiger partial charge >= 0.3 is 5.97 Å². The Balaban J connectivity index is 4.06. The Kier molecular flexibility index (Phi) is 7.01. The van der Waals surface area contributed by atoms with Crippen molar-refractivity contribution in [2.24, 2.45) is 0 Å². The Morgan fingerprint density at radius 2 is 2.19 bits per heavy atom. The van der Waals surface area contributed by atoms with Crippen LogP contribution in [-0.2, 0) is 9.53 Å². The Hall–Kier alpha value is -0.870. The zero-order valence-corrected chi connectivity index (χ0v) is 10.5. The molecule has 0 bridgehead atoms. The third-order valence-corrected chi connectivity index (χ3v) is 2.09. The third-order valence-electron chi connectivity index (χ3n) is 2.09. The number of aliphatic hydroxyl groups is 1. The lowest BCUT2D eigenvalue weighted by molar-refractivity contribution is -0.144. The lowest BCUT2D eigenvalue weighted by atomic mass is 10.1. The molecule has 0 aliphatic rings. The molecule has 4 nitrogen and oxygen atoms in total. The van der Waals surface area contributed by atoms with E-state index in [4.69, 9.17) is 4.74 Å². The normalized spacial score (nSPS) is 11.6. The lowest BCUT2D eigenvalue weighted by Gasteiger charge is -2.24. The summed E-state index contributed by atoms with van der Waals surface area (Å²) in [6.45, 7) is 10.8. The van der Waals surface area contributed by atoms with Crippen LogP contribution in [-0.4, -0.2) is 47.8 Å². The zero-order valence-electron chi connectivity index (χ0n) is 10.5. The van der Waals surface area contributed by atoms with Gasteiger partial charge in [0.25, 0.3) is 0 Å². The molecule has 94 valence electrons. The molecule has 0 aliphatic heterocycles. The summed E-state index contributed by atoms with van der Waals surface area (Å²) in [6.07, 6.45) is 2.35. The molecule has 4 heteroatoms. The molecule has 0 heterocycles. The topological polar surface area (TPSA) is 49.8 Å². The molecule has 0 aromatic carbocycles. The largest absolute Gasteiger partial charge is 0.465 e. The SMILES string of the molecule is C=CCN(CCC(C)(C)O)CC(=O)OCC. The van der Waals surface area contributed by atoms with Crippen molar-refractivity contribution in [2.75, 3.05) is 26.2 Å². The van der Waals surface area contributed by atoms with E-state index in [1.807, 2.05) is 4.90 Å². The number of nitrogens with zero attached hydrogens (tertiary/aromatic N) is 1. The average Bonchev–Trinajstić information content (AvgIpc) is 2.14. The molecule has 16 heavy (non-hydrogen) atoms. The fraction of sp³-hybridized carbons (Fsp3) is 0.750. The summed E-state index contributed by atoms with van der Waals surface area (Å²) in [4.78, 5) is 13.2. The highest BCUT2D eigenvalue weighted by Crippen LogP contribution is 2.08. The van der Waals surface area contributed by atoms with Crippen molar-refractivity contribution in [3.63, 3.8) is 0 Å². The summed E-state index contributed by atoms with van der Waals surface area (Å²) < 4.78 is 4.87. The molecule has 0 fully saturated rings. The maximum Gasteiger partial charge on any atom is 0.320 e. The smallest absolute Gasteiger partial charge is 0.320 e. The maximum absolute atomic E-state index is 11.3. The van der Waals surface area contributed by atoms with E-state index in [-0.39, 0.29) is 12.5 Å². The molecule has 0 aliphatic carbocycles. The van der Waals surface area contributed by atoms with Crippen LogP contribution < -0.4 is 0 Å². The van der Waals surface area contributed by atoms with Gasteiger partial charge in [0.05, 0.1) is 18.8 Å². The van der Waals surface area contributed by atoms with Gasteiger partial charge in [-0.2, -0.15) is 0 Å². The van der Waals surface area contributed by atoms with Gasteiger partial charge in [-0.05, 0) is 27.2 Å². The number of hydrogen-bond donors (Lipinski definition) is 1. The van der Waals surface area contributed by atoms with E-state index in [1.54, 1.807) is 26.8 Å². The van der Waals surface area contributed by atoms with Gasteiger partial charge in [-0.1, -0.05) is 6.08 Å². The average molecular weight is 229 g/mol. The summed E-state index contributed by atoms with van der Waals surface area (Å²) in [5.74, 6) is -0.236. The summed E-state index contributed by atoms with van der Waals surface area (Å²) in [5, 5.41) is 9.60. The molecule has 0 saturated heterocycles. The summed E-state index contributed by atoms with van der Waals surface area (Å²) in [5.41, 5.74) is -0.714. The van der Waals surface area contributed by atoms with Crippen LogP contribution in [0.1, 0.15) is 27.2 Å². The van der Waals surface area contributed by atoms with E-state index in [9.17, 15) is 9.90 Å². The van der Waals surface area contributed by atoms with Crippen LogP contribution in [0.15, 0.2) is 12.7 Å². The van der Waals surface area contributed by atoms with Gasteiger partial charge in [-0.15, -0.1) is 6.58 Å². The van der Waals surface area contributed by atoms with Crippen molar-refractivity contribution in [2.45, 2.75) is 32.8 Å². The minimum atomic E-state index is -0.714. The molecule has 0 rings (SSSR count). The zero-order chi connectivity index (χ0) is 12.6. The van der Waals surface area contributed by atoms with Crippen molar-refractivity contribution < 1.29 is 14.6 Å². The molecular weight excluding hydrogens is 206 g/mol. The summed E-state index contributed by atoms with van der Waals surface area (Å²) in [6, 6.07) is 0. The predicted octanol–water partition coefficient (Wildman–Crippen LogP) is 1.20. The highest BCUT2D eigenvalue weighted by molar-refractivity contribution is 5.71. The van der Waals surface area contributed by atoms with Gasteiger partial charge in [0.1, 0.15) is 0 Å². The van der Waals surface area contributed by atoms with Crippen molar-refractivity contribution in [3.05, 3.63) is 12.7 Å². The molecule has 0 saturated carbocycles.